The molecule has 1 aliphatic carbocycles. The molecule has 0 radical (unpaired) electrons. The first kappa shape index (κ1) is 13.3. The van der Waals surface area contributed by atoms with Gasteiger partial charge in [0.1, 0.15) is 5.82 Å². The van der Waals surface area contributed by atoms with Crippen LogP contribution in [-0.2, 0) is 0 Å². The summed E-state index contributed by atoms with van der Waals surface area (Å²) in [5.74, 6) is -0.869. The molecule has 1 aromatic rings. The van der Waals surface area contributed by atoms with Crippen molar-refractivity contribution in [2.24, 2.45) is 0 Å². The molecule has 0 aromatic heterocycles. The summed E-state index contributed by atoms with van der Waals surface area (Å²) in [5.41, 5.74) is -0.581. The predicted molar refractivity (Wildman–Crippen MR) is 67.2 cm³/mol. The molecule has 0 bridgehead atoms. The molecule has 1 amide bonds. The van der Waals surface area contributed by atoms with E-state index in [2.05, 4.69) is 5.32 Å². The molecule has 1 saturated carbocycles. The van der Waals surface area contributed by atoms with Crippen LogP contribution in [0.4, 0.5) is 4.39 Å². The molecule has 18 heavy (non-hydrogen) atoms. The van der Waals surface area contributed by atoms with Gasteiger partial charge in [-0.3, -0.25) is 4.79 Å². The number of benzene rings is 1. The lowest BCUT2D eigenvalue weighted by Crippen LogP contribution is -2.40. The van der Waals surface area contributed by atoms with Crippen LogP contribution in [0.25, 0.3) is 0 Å². The van der Waals surface area contributed by atoms with E-state index in [0.29, 0.717) is 12.8 Å². The molecule has 0 aliphatic heterocycles. The van der Waals surface area contributed by atoms with E-state index in [1.807, 2.05) is 0 Å². The van der Waals surface area contributed by atoms with Gasteiger partial charge in [-0.2, -0.15) is 0 Å². The van der Waals surface area contributed by atoms with Crippen molar-refractivity contribution in [3.05, 3.63) is 34.6 Å². The number of halogens is 2. The van der Waals surface area contributed by atoms with Gasteiger partial charge in [-0.1, -0.05) is 24.4 Å². The third-order valence-electron chi connectivity index (χ3n) is 3.29. The van der Waals surface area contributed by atoms with Crippen LogP contribution in [0.15, 0.2) is 18.2 Å². The maximum Gasteiger partial charge on any atom is 0.252 e. The number of carbonyl (C=O) groups is 1. The van der Waals surface area contributed by atoms with E-state index >= 15 is 0 Å². The van der Waals surface area contributed by atoms with Crippen LogP contribution in [0.3, 0.4) is 0 Å². The number of aliphatic hydroxyl groups is 1. The van der Waals surface area contributed by atoms with E-state index in [1.165, 1.54) is 12.1 Å². The van der Waals surface area contributed by atoms with Crippen LogP contribution in [0.2, 0.25) is 5.02 Å². The van der Waals surface area contributed by atoms with Gasteiger partial charge in [-0.25, -0.2) is 4.39 Å². The molecule has 5 heteroatoms. The first-order chi connectivity index (χ1) is 8.50. The first-order valence-electron chi connectivity index (χ1n) is 5.96. The van der Waals surface area contributed by atoms with Gasteiger partial charge in [0.15, 0.2) is 0 Å². The minimum Gasteiger partial charge on any atom is -0.388 e. The smallest absolute Gasteiger partial charge is 0.252 e. The van der Waals surface area contributed by atoms with Gasteiger partial charge in [0.05, 0.1) is 16.2 Å². The monoisotopic (exact) mass is 271 g/mol. The van der Waals surface area contributed by atoms with E-state index in [1.54, 1.807) is 0 Å². The highest BCUT2D eigenvalue weighted by Crippen LogP contribution is 2.28. The lowest BCUT2D eigenvalue weighted by molar-refractivity contribution is 0.0449. The zero-order chi connectivity index (χ0) is 13.2. The Morgan fingerprint density at radius 3 is 2.72 bits per heavy atom. The first-order valence-corrected chi connectivity index (χ1v) is 6.34. The van der Waals surface area contributed by atoms with Crippen molar-refractivity contribution >= 4 is 17.5 Å². The minimum absolute atomic E-state index is 0.0749. The molecule has 2 N–H and O–H groups in total. The fraction of sp³-hybridized carbons (Fsp3) is 0.462. The average molecular weight is 272 g/mol. The predicted octanol–water partition coefficient (Wildman–Crippen LogP) is 2.51. The highest BCUT2D eigenvalue weighted by atomic mass is 35.5. The number of amides is 1. The molecule has 2 rings (SSSR count). The van der Waals surface area contributed by atoms with E-state index in [0.717, 1.165) is 18.9 Å². The van der Waals surface area contributed by atoms with Gasteiger partial charge in [-0.15, -0.1) is 0 Å². The zero-order valence-electron chi connectivity index (χ0n) is 9.88. The van der Waals surface area contributed by atoms with Gasteiger partial charge < -0.3 is 10.4 Å². The van der Waals surface area contributed by atoms with Crippen LogP contribution in [-0.4, -0.2) is 23.2 Å². The standard InChI is InChI=1S/C13H15ClFNO2/c14-11-7-9(15)3-4-10(11)12(17)16-8-13(18)5-1-2-6-13/h3-4,7,18H,1-2,5-6,8H2,(H,16,17). The number of carbonyl (C=O) groups excluding carboxylic acids is 1. The van der Waals surface area contributed by atoms with Crippen LogP contribution in [0, 0.1) is 5.82 Å². The zero-order valence-corrected chi connectivity index (χ0v) is 10.6. The quantitative estimate of drug-likeness (QED) is 0.887. The van der Waals surface area contributed by atoms with Crippen LogP contribution >= 0.6 is 11.6 Å². The molecule has 0 unspecified atom stereocenters. The molecule has 3 nitrogen and oxygen atoms in total. The van der Waals surface area contributed by atoms with Crippen molar-refractivity contribution in [3.63, 3.8) is 0 Å². The lowest BCUT2D eigenvalue weighted by atomic mass is 10.0. The molecule has 0 saturated heterocycles. The Balaban J connectivity index is 1.99. The van der Waals surface area contributed by atoms with E-state index in [4.69, 9.17) is 11.6 Å². The van der Waals surface area contributed by atoms with Crippen molar-refractivity contribution < 1.29 is 14.3 Å². The average Bonchev–Trinajstić information content (AvgIpc) is 2.74. The summed E-state index contributed by atoms with van der Waals surface area (Å²) in [4.78, 5) is 11.8. The summed E-state index contributed by atoms with van der Waals surface area (Å²) < 4.78 is 12.8. The van der Waals surface area contributed by atoms with Crippen molar-refractivity contribution in [2.45, 2.75) is 31.3 Å². The number of hydrogen-bond donors (Lipinski definition) is 2. The second kappa shape index (κ2) is 5.24. The topological polar surface area (TPSA) is 49.3 Å². The van der Waals surface area contributed by atoms with Crippen LogP contribution < -0.4 is 5.32 Å². The highest BCUT2D eigenvalue weighted by molar-refractivity contribution is 6.33. The van der Waals surface area contributed by atoms with E-state index in [-0.39, 0.29) is 23.0 Å². The Morgan fingerprint density at radius 1 is 1.44 bits per heavy atom. The van der Waals surface area contributed by atoms with Crippen molar-refractivity contribution in [3.8, 4) is 0 Å². The second-order valence-corrected chi connectivity index (χ2v) is 5.15. The van der Waals surface area contributed by atoms with E-state index < -0.39 is 11.4 Å². The number of rotatable bonds is 3. The Hall–Kier alpha value is -1.13. The van der Waals surface area contributed by atoms with Gasteiger partial charge in [0.25, 0.3) is 5.91 Å². The Morgan fingerprint density at radius 2 is 2.11 bits per heavy atom. The number of nitrogens with one attached hydrogen (secondary N) is 1. The fourth-order valence-electron chi connectivity index (χ4n) is 2.22. The minimum atomic E-state index is -0.803. The molecule has 1 aliphatic rings. The Bertz CT molecular complexity index is 458. The number of hydrogen-bond acceptors (Lipinski definition) is 2. The normalized spacial score (nSPS) is 17.7. The maximum absolute atomic E-state index is 12.8. The largest absolute Gasteiger partial charge is 0.388 e. The molecule has 98 valence electrons. The van der Waals surface area contributed by atoms with Crippen molar-refractivity contribution in [2.75, 3.05) is 6.54 Å². The lowest BCUT2D eigenvalue weighted by Gasteiger charge is -2.22. The molecule has 1 aromatic carbocycles. The molecule has 1 fully saturated rings. The SMILES string of the molecule is O=C(NCC1(O)CCCC1)c1ccc(F)cc1Cl. The molecular formula is C13H15ClFNO2. The molecule has 0 spiro atoms. The summed E-state index contributed by atoms with van der Waals surface area (Å²) in [6.07, 6.45) is 3.35. The third-order valence-corrected chi connectivity index (χ3v) is 3.60. The Labute approximate surface area is 110 Å². The molecular weight excluding hydrogens is 257 g/mol. The van der Waals surface area contributed by atoms with Gasteiger partial charge in [0, 0.05) is 6.54 Å². The highest BCUT2D eigenvalue weighted by Gasteiger charge is 2.31. The van der Waals surface area contributed by atoms with Crippen LogP contribution in [0.1, 0.15) is 36.0 Å². The van der Waals surface area contributed by atoms with Crippen LogP contribution in [0.5, 0.6) is 0 Å². The Kier molecular flexibility index (Phi) is 3.88. The molecule has 0 atom stereocenters. The second-order valence-electron chi connectivity index (χ2n) is 4.74. The summed E-state index contributed by atoms with van der Waals surface area (Å²) in [5, 5.41) is 12.8. The summed E-state index contributed by atoms with van der Waals surface area (Å²) in [6.45, 7) is 0.208. The van der Waals surface area contributed by atoms with Gasteiger partial charge in [0.2, 0.25) is 0 Å². The fourth-order valence-corrected chi connectivity index (χ4v) is 2.48. The van der Waals surface area contributed by atoms with E-state index in [9.17, 15) is 14.3 Å². The summed E-state index contributed by atoms with van der Waals surface area (Å²) in [6, 6.07) is 3.62. The van der Waals surface area contributed by atoms with Crippen molar-refractivity contribution in [1.82, 2.24) is 5.32 Å². The maximum atomic E-state index is 12.8. The van der Waals surface area contributed by atoms with Gasteiger partial charge in [-0.05, 0) is 31.0 Å². The summed E-state index contributed by atoms with van der Waals surface area (Å²) in [7, 11) is 0. The van der Waals surface area contributed by atoms with Gasteiger partial charge >= 0.3 is 0 Å². The summed E-state index contributed by atoms with van der Waals surface area (Å²) >= 11 is 5.79. The molecule has 0 heterocycles. The van der Waals surface area contributed by atoms with Crippen molar-refractivity contribution in [1.29, 1.82) is 0 Å². The third kappa shape index (κ3) is 3.00.